The van der Waals surface area contributed by atoms with Crippen molar-refractivity contribution in [2.75, 3.05) is 6.54 Å². The highest BCUT2D eigenvalue weighted by Gasteiger charge is 2.26. The molecule has 2 rings (SSSR count). The molecule has 0 spiro atoms. The number of ether oxygens (including phenoxy) is 1. The van der Waals surface area contributed by atoms with Gasteiger partial charge in [0.15, 0.2) is 0 Å². The van der Waals surface area contributed by atoms with Gasteiger partial charge in [-0.25, -0.2) is 4.98 Å². The van der Waals surface area contributed by atoms with Crippen molar-refractivity contribution in [3.63, 3.8) is 0 Å². The van der Waals surface area contributed by atoms with Crippen molar-refractivity contribution in [3.05, 3.63) is 22.7 Å². The Bertz CT molecular complexity index is 458. The van der Waals surface area contributed by atoms with Crippen molar-refractivity contribution in [1.29, 1.82) is 0 Å². The van der Waals surface area contributed by atoms with Gasteiger partial charge < -0.3 is 15.0 Å². The van der Waals surface area contributed by atoms with Gasteiger partial charge >= 0.3 is 5.56 Å². The molecular formula is C14H23N3O2. The lowest BCUT2D eigenvalue weighted by Gasteiger charge is -2.30. The van der Waals surface area contributed by atoms with Gasteiger partial charge in [-0.2, -0.15) is 0 Å². The fourth-order valence-electron chi connectivity index (χ4n) is 2.67. The lowest BCUT2D eigenvalue weighted by Crippen LogP contribution is -2.37. The Balaban J connectivity index is 2.13. The van der Waals surface area contributed by atoms with Crippen molar-refractivity contribution in [2.45, 2.75) is 51.7 Å². The first-order valence-electron chi connectivity index (χ1n) is 7.18. The summed E-state index contributed by atoms with van der Waals surface area (Å²) in [7, 11) is 0. The van der Waals surface area contributed by atoms with Crippen LogP contribution in [0.1, 0.15) is 39.0 Å². The summed E-state index contributed by atoms with van der Waals surface area (Å²) in [4.78, 5) is 16.3. The van der Waals surface area contributed by atoms with Crippen molar-refractivity contribution < 1.29 is 4.74 Å². The minimum Gasteiger partial charge on any atom is -0.470 e. The van der Waals surface area contributed by atoms with E-state index in [9.17, 15) is 4.79 Å². The van der Waals surface area contributed by atoms with Crippen LogP contribution in [-0.2, 0) is 6.54 Å². The van der Waals surface area contributed by atoms with E-state index in [0.29, 0.717) is 19.0 Å². The van der Waals surface area contributed by atoms with Crippen LogP contribution in [0.3, 0.4) is 0 Å². The molecule has 1 aliphatic carbocycles. The largest absolute Gasteiger partial charge is 0.470 e. The first-order valence-corrected chi connectivity index (χ1v) is 7.18. The van der Waals surface area contributed by atoms with Crippen LogP contribution in [0.4, 0.5) is 0 Å². The average Bonchev–Trinajstić information content (AvgIpc) is 2.44. The van der Waals surface area contributed by atoms with Crippen LogP contribution in [-0.4, -0.2) is 22.2 Å². The van der Waals surface area contributed by atoms with Gasteiger partial charge in [-0.15, -0.1) is 0 Å². The van der Waals surface area contributed by atoms with Crippen molar-refractivity contribution in [2.24, 2.45) is 11.7 Å². The number of nitrogens with zero attached hydrogens (tertiary/aromatic N) is 2. The monoisotopic (exact) mass is 265 g/mol. The zero-order valence-corrected chi connectivity index (χ0v) is 11.5. The molecule has 1 aromatic heterocycles. The second kappa shape index (κ2) is 6.70. The van der Waals surface area contributed by atoms with Gasteiger partial charge in [0.05, 0.1) is 0 Å². The molecule has 1 saturated carbocycles. The molecule has 5 nitrogen and oxygen atoms in total. The van der Waals surface area contributed by atoms with Crippen molar-refractivity contribution >= 4 is 0 Å². The molecule has 19 heavy (non-hydrogen) atoms. The summed E-state index contributed by atoms with van der Waals surface area (Å²) in [5.41, 5.74) is 5.65. The van der Waals surface area contributed by atoms with Gasteiger partial charge in [-0.05, 0) is 32.2 Å². The third kappa shape index (κ3) is 3.35. The SMILES string of the molecule is CCCn1ccnc(OC2CCCCC2CN)c1=O. The van der Waals surface area contributed by atoms with Gasteiger partial charge in [-0.1, -0.05) is 13.3 Å². The van der Waals surface area contributed by atoms with E-state index in [1.165, 1.54) is 6.42 Å². The zero-order valence-electron chi connectivity index (χ0n) is 11.5. The fourth-order valence-corrected chi connectivity index (χ4v) is 2.67. The van der Waals surface area contributed by atoms with Gasteiger partial charge in [0.25, 0.3) is 5.88 Å². The van der Waals surface area contributed by atoms with Gasteiger partial charge in [-0.3, -0.25) is 4.79 Å². The van der Waals surface area contributed by atoms with Crippen LogP contribution < -0.4 is 16.0 Å². The Kier molecular flexibility index (Phi) is 4.96. The molecule has 0 bridgehead atoms. The minimum atomic E-state index is -0.134. The highest BCUT2D eigenvalue weighted by molar-refractivity contribution is 5.05. The molecule has 0 aromatic carbocycles. The van der Waals surface area contributed by atoms with Gasteiger partial charge in [0, 0.05) is 24.9 Å². The van der Waals surface area contributed by atoms with Crippen LogP contribution in [0, 0.1) is 5.92 Å². The number of nitrogens with two attached hydrogens (primary N) is 1. The summed E-state index contributed by atoms with van der Waals surface area (Å²) in [6.07, 6.45) is 8.67. The molecule has 0 amide bonds. The normalized spacial score (nSPS) is 23.3. The molecule has 5 heteroatoms. The second-order valence-electron chi connectivity index (χ2n) is 5.17. The third-order valence-electron chi connectivity index (χ3n) is 3.75. The standard InChI is InChI=1S/C14H23N3O2/c1-2-8-17-9-7-16-13(14(17)18)19-12-6-4-3-5-11(12)10-15/h7,9,11-12H,2-6,8,10,15H2,1H3. The number of hydrogen-bond acceptors (Lipinski definition) is 4. The first kappa shape index (κ1) is 14.1. The Labute approximate surface area is 113 Å². The molecule has 0 saturated heterocycles. The first-order chi connectivity index (χ1) is 9.26. The van der Waals surface area contributed by atoms with Crippen LogP contribution in [0.2, 0.25) is 0 Å². The molecule has 2 atom stereocenters. The lowest BCUT2D eigenvalue weighted by atomic mass is 9.86. The Morgan fingerprint density at radius 2 is 2.26 bits per heavy atom. The van der Waals surface area contributed by atoms with E-state index in [1.54, 1.807) is 17.0 Å². The van der Waals surface area contributed by atoms with Crippen molar-refractivity contribution in [3.8, 4) is 5.88 Å². The molecule has 2 unspecified atom stereocenters. The van der Waals surface area contributed by atoms with E-state index in [-0.39, 0.29) is 17.5 Å². The number of aromatic nitrogens is 2. The highest BCUT2D eigenvalue weighted by Crippen LogP contribution is 2.26. The Hall–Kier alpha value is -1.36. The summed E-state index contributed by atoms with van der Waals surface area (Å²) in [6.45, 7) is 3.35. The molecule has 1 heterocycles. The van der Waals surface area contributed by atoms with Crippen molar-refractivity contribution in [1.82, 2.24) is 9.55 Å². The maximum Gasteiger partial charge on any atom is 0.313 e. The molecule has 1 fully saturated rings. The molecule has 0 aliphatic heterocycles. The summed E-state index contributed by atoms with van der Waals surface area (Å²) in [5.74, 6) is 0.566. The second-order valence-corrected chi connectivity index (χ2v) is 5.17. The Morgan fingerprint density at radius 1 is 1.47 bits per heavy atom. The average molecular weight is 265 g/mol. The van der Waals surface area contributed by atoms with Crippen LogP contribution in [0.25, 0.3) is 0 Å². The van der Waals surface area contributed by atoms with E-state index >= 15 is 0 Å². The lowest BCUT2D eigenvalue weighted by molar-refractivity contribution is 0.0898. The van der Waals surface area contributed by atoms with E-state index < -0.39 is 0 Å². The smallest absolute Gasteiger partial charge is 0.313 e. The fraction of sp³-hybridized carbons (Fsp3) is 0.714. The minimum absolute atomic E-state index is 0.0384. The third-order valence-corrected chi connectivity index (χ3v) is 3.75. The van der Waals surface area contributed by atoms with Gasteiger partial charge in [0.1, 0.15) is 6.10 Å². The van der Waals surface area contributed by atoms with E-state index in [4.69, 9.17) is 10.5 Å². The summed E-state index contributed by atoms with van der Waals surface area (Å²) in [5, 5.41) is 0. The molecule has 2 N–H and O–H groups in total. The predicted octanol–water partition coefficient (Wildman–Crippen LogP) is 1.55. The molecule has 0 radical (unpaired) electrons. The molecule has 1 aliphatic rings. The summed E-state index contributed by atoms with van der Waals surface area (Å²) >= 11 is 0. The Morgan fingerprint density at radius 3 is 3.00 bits per heavy atom. The highest BCUT2D eigenvalue weighted by atomic mass is 16.5. The molecule has 106 valence electrons. The quantitative estimate of drug-likeness (QED) is 0.877. The van der Waals surface area contributed by atoms with E-state index in [2.05, 4.69) is 4.98 Å². The van der Waals surface area contributed by atoms with Crippen LogP contribution >= 0.6 is 0 Å². The number of aryl methyl sites for hydroxylation is 1. The maximum atomic E-state index is 12.2. The zero-order chi connectivity index (χ0) is 13.7. The number of hydrogen-bond donors (Lipinski definition) is 1. The maximum absolute atomic E-state index is 12.2. The summed E-state index contributed by atoms with van der Waals surface area (Å²) < 4.78 is 7.51. The van der Waals surface area contributed by atoms with E-state index in [0.717, 1.165) is 25.7 Å². The topological polar surface area (TPSA) is 70.1 Å². The molecule has 1 aromatic rings. The molecular weight excluding hydrogens is 242 g/mol. The number of rotatable bonds is 5. The van der Waals surface area contributed by atoms with Gasteiger partial charge in [0.2, 0.25) is 0 Å². The predicted molar refractivity (Wildman–Crippen MR) is 74.2 cm³/mol. The summed E-state index contributed by atoms with van der Waals surface area (Å²) in [6, 6.07) is 0. The van der Waals surface area contributed by atoms with E-state index in [1.807, 2.05) is 6.92 Å². The van der Waals surface area contributed by atoms with Crippen LogP contribution in [0.5, 0.6) is 5.88 Å². The van der Waals surface area contributed by atoms with Crippen LogP contribution in [0.15, 0.2) is 17.2 Å².